The fraction of sp³-hybridized carbons (Fsp3) is 0.357. The maximum Gasteiger partial charge on any atom is 0.247 e. The Kier molecular flexibility index (Phi) is 11.2. The van der Waals surface area contributed by atoms with Gasteiger partial charge in [-0.1, -0.05) is 48.5 Å². The molecule has 0 saturated heterocycles. The van der Waals surface area contributed by atoms with Crippen LogP contribution in [0.15, 0.2) is 66.9 Å². The third-order valence-electron chi connectivity index (χ3n) is 6.17. The minimum absolute atomic E-state index is 0.196. The highest BCUT2D eigenvalue weighted by Gasteiger charge is 2.26. The van der Waals surface area contributed by atoms with Gasteiger partial charge in [0.1, 0.15) is 6.04 Å². The third-order valence-corrected chi connectivity index (χ3v) is 6.17. The number of para-hydroxylation sites is 1. The molecule has 1 heterocycles. The van der Waals surface area contributed by atoms with Gasteiger partial charge in [0, 0.05) is 25.0 Å². The second-order valence-corrected chi connectivity index (χ2v) is 9.11. The van der Waals surface area contributed by atoms with E-state index < -0.39 is 23.9 Å². The third kappa shape index (κ3) is 8.62. The van der Waals surface area contributed by atoms with Crippen LogP contribution in [-0.4, -0.2) is 65.9 Å². The largest absolute Gasteiger partial charge is 0.343 e. The van der Waals surface area contributed by atoms with Crippen LogP contribution in [0.5, 0.6) is 0 Å². The van der Waals surface area contributed by atoms with Crippen LogP contribution in [0.1, 0.15) is 24.8 Å². The number of carbonyl (C=O) groups excluding carboxylic acids is 3. The van der Waals surface area contributed by atoms with Crippen molar-refractivity contribution in [1.29, 1.82) is 0 Å². The van der Waals surface area contributed by atoms with Crippen LogP contribution in [-0.2, 0) is 20.8 Å². The van der Waals surface area contributed by atoms with Gasteiger partial charge in [0.15, 0.2) is 0 Å². The van der Waals surface area contributed by atoms with E-state index in [0.29, 0.717) is 51.1 Å². The number of rotatable bonds is 14. The lowest BCUT2D eigenvalue weighted by Crippen LogP contribution is -2.51. The van der Waals surface area contributed by atoms with Gasteiger partial charge < -0.3 is 32.7 Å². The van der Waals surface area contributed by atoms with Gasteiger partial charge in [0.2, 0.25) is 17.7 Å². The Morgan fingerprint density at radius 2 is 1.66 bits per heavy atom. The number of aryl methyl sites for hydroxylation is 1. The first kappa shape index (κ1) is 28.7. The molecule has 2 unspecified atom stereocenters. The lowest BCUT2D eigenvalue weighted by molar-refractivity contribution is -0.134. The Morgan fingerprint density at radius 1 is 0.921 bits per heavy atom. The van der Waals surface area contributed by atoms with Gasteiger partial charge in [-0.3, -0.25) is 19.4 Å². The molecule has 3 rings (SSSR count). The smallest absolute Gasteiger partial charge is 0.247 e. The highest BCUT2D eigenvalue weighted by Crippen LogP contribution is 2.17. The number of hydrogen-bond acceptors (Lipinski definition) is 7. The summed E-state index contributed by atoms with van der Waals surface area (Å²) in [5.74, 6) is -1.24. The summed E-state index contributed by atoms with van der Waals surface area (Å²) < 4.78 is 0. The molecule has 3 amide bonds. The minimum Gasteiger partial charge on any atom is -0.343 e. The molecule has 2 aromatic carbocycles. The average Bonchev–Trinajstić information content (AvgIpc) is 2.93. The fourth-order valence-electron chi connectivity index (χ4n) is 4.08. The van der Waals surface area contributed by atoms with E-state index in [4.69, 9.17) is 17.2 Å². The van der Waals surface area contributed by atoms with E-state index in [0.717, 1.165) is 16.5 Å². The van der Waals surface area contributed by atoms with Crippen molar-refractivity contribution >= 4 is 34.3 Å². The Bertz CT molecular complexity index is 1210. The number of hydrogen-bond donors (Lipinski definition) is 5. The van der Waals surface area contributed by atoms with Gasteiger partial charge in [-0.25, -0.2) is 0 Å². The van der Waals surface area contributed by atoms with Gasteiger partial charge in [0.25, 0.3) is 0 Å². The fourth-order valence-corrected chi connectivity index (χ4v) is 4.08. The van der Waals surface area contributed by atoms with Crippen molar-refractivity contribution < 1.29 is 14.4 Å². The van der Waals surface area contributed by atoms with Crippen LogP contribution >= 0.6 is 0 Å². The molecule has 0 aliphatic carbocycles. The molecule has 8 N–H and O–H groups in total. The first-order valence-corrected chi connectivity index (χ1v) is 12.8. The van der Waals surface area contributed by atoms with E-state index in [-0.39, 0.29) is 12.3 Å². The first-order valence-electron chi connectivity index (χ1n) is 12.8. The topological polar surface area (TPSA) is 169 Å². The van der Waals surface area contributed by atoms with Gasteiger partial charge in [-0.2, -0.15) is 0 Å². The molecule has 10 heteroatoms. The van der Waals surface area contributed by atoms with Crippen molar-refractivity contribution in [2.75, 3.05) is 31.5 Å². The van der Waals surface area contributed by atoms with Gasteiger partial charge in [0.05, 0.1) is 29.9 Å². The zero-order valence-corrected chi connectivity index (χ0v) is 21.5. The second kappa shape index (κ2) is 14.8. The lowest BCUT2D eigenvalue weighted by atomic mass is 10.0. The van der Waals surface area contributed by atoms with Gasteiger partial charge >= 0.3 is 0 Å². The van der Waals surface area contributed by atoms with Crippen LogP contribution < -0.4 is 27.8 Å². The van der Waals surface area contributed by atoms with Gasteiger partial charge in [-0.05, 0) is 43.5 Å². The summed E-state index contributed by atoms with van der Waals surface area (Å²) in [5, 5.41) is 6.49. The molecule has 0 aliphatic rings. The SMILES string of the molecule is NCCCN(CCN)C(=O)CC(N)C(=O)NC(CCc1ccccc1)C(=O)Nc1cnc2ccccc2c1. The van der Waals surface area contributed by atoms with E-state index in [1.807, 2.05) is 60.7 Å². The molecule has 202 valence electrons. The molecule has 2 atom stereocenters. The summed E-state index contributed by atoms with van der Waals surface area (Å²) in [4.78, 5) is 44.9. The molecule has 0 radical (unpaired) electrons. The molecular formula is C28H37N7O3. The number of pyridine rings is 1. The molecule has 10 nitrogen and oxygen atoms in total. The molecule has 0 saturated carbocycles. The summed E-state index contributed by atoms with van der Waals surface area (Å²) in [7, 11) is 0. The van der Waals surface area contributed by atoms with Crippen LogP contribution in [0.25, 0.3) is 10.9 Å². The quantitative estimate of drug-likeness (QED) is 0.213. The Morgan fingerprint density at radius 3 is 2.39 bits per heavy atom. The number of benzene rings is 2. The van der Waals surface area contributed by atoms with Crippen molar-refractivity contribution in [2.45, 2.75) is 37.8 Å². The number of amides is 3. The van der Waals surface area contributed by atoms with E-state index >= 15 is 0 Å². The van der Waals surface area contributed by atoms with E-state index in [9.17, 15) is 14.4 Å². The Labute approximate surface area is 222 Å². The van der Waals surface area contributed by atoms with Crippen LogP contribution in [0.3, 0.4) is 0 Å². The number of nitrogens with zero attached hydrogens (tertiary/aromatic N) is 2. The molecule has 3 aromatic rings. The highest BCUT2D eigenvalue weighted by molar-refractivity contribution is 5.99. The maximum absolute atomic E-state index is 13.3. The number of aromatic nitrogens is 1. The first-order chi connectivity index (χ1) is 18.4. The molecular weight excluding hydrogens is 482 g/mol. The number of carbonyl (C=O) groups is 3. The zero-order valence-electron chi connectivity index (χ0n) is 21.5. The van der Waals surface area contributed by atoms with Gasteiger partial charge in [-0.15, -0.1) is 0 Å². The monoisotopic (exact) mass is 519 g/mol. The summed E-state index contributed by atoms with van der Waals surface area (Å²) in [5.41, 5.74) is 19.6. The molecule has 0 bridgehead atoms. The van der Waals surface area contributed by atoms with Crippen LogP contribution in [0.4, 0.5) is 5.69 Å². The molecule has 38 heavy (non-hydrogen) atoms. The van der Waals surface area contributed by atoms with Crippen molar-refractivity contribution in [3.05, 3.63) is 72.4 Å². The van der Waals surface area contributed by atoms with Crippen molar-refractivity contribution in [3.63, 3.8) is 0 Å². The van der Waals surface area contributed by atoms with Crippen LogP contribution in [0, 0.1) is 0 Å². The summed E-state index contributed by atoms with van der Waals surface area (Å²) >= 11 is 0. The lowest BCUT2D eigenvalue weighted by Gasteiger charge is -2.24. The van der Waals surface area contributed by atoms with Crippen LogP contribution in [0.2, 0.25) is 0 Å². The van der Waals surface area contributed by atoms with E-state index in [1.165, 1.54) is 0 Å². The molecule has 0 aliphatic heterocycles. The number of anilines is 1. The average molecular weight is 520 g/mol. The minimum atomic E-state index is -1.12. The second-order valence-electron chi connectivity index (χ2n) is 9.11. The zero-order chi connectivity index (χ0) is 27.3. The highest BCUT2D eigenvalue weighted by atomic mass is 16.2. The summed E-state index contributed by atoms with van der Waals surface area (Å²) in [6.45, 7) is 1.53. The number of nitrogens with one attached hydrogen (secondary N) is 2. The Hall–Kier alpha value is -3.86. The van der Waals surface area contributed by atoms with E-state index in [2.05, 4.69) is 15.6 Å². The molecule has 0 fully saturated rings. The maximum atomic E-state index is 13.3. The van der Waals surface area contributed by atoms with Crippen molar-refractivity contribution in [1.82, 2.24) is 15.2 Å². The predicted octanol–water partition coefficient (Wildman–Crippen LogP) is 1.14. The standard InChI is InChI=1S/C28H37N7O3/c29-13-6-15-35(16-14-30)26(36)18-23(31)27(37)34-25(12-11-20-7-2-1-3-8-20)28(38)33-22-17-21-9-4-5-10-24(21)32-19-22/h1-5,7-10,17,19,23,25H,6,11-16,18,29-31H2,(H,33,38)(H,34,37). The van der Waals surface area contributed by atoms with Crippen molar-refractivity contribution in [3.8, 4) is 0 Å². The predicted molar refractivity (Wildman–Crippen MR) is 149 cm³/mol. The number of nitrogens with two attached hydrogens (primary N) is 3. The Balaban J connectivity index is 1.68. The normalized spacial score (nSPS) is 12.5. The van der Waals surface area contributed by atoms with Crippen molar-refractivity contribution in [2.24, 2.45) is 17.2 Å². The van der Waals surface area contributed by atoms with E-state index in [1.54, 1.807) is 11.1 Å². The molecule has 1 aromatic heterocycles. The number of fused-ring (bicyclic) bond motifs is 1. The molecule has 0 spiro atoms. The summed E-state index contributed by atoms with van der Waals surface area (Å²) in [6.07, 6.45) is 2.91. The summed E-state index contributed by atoms with van der Waals surface area (Å²) in [6, 6.07) is 17.1.